The minimum atomic E-state index is -1.23. The minimum Gasteiger partial charge on any atom is -0.462 e. The van der Waals surface area contributed by atoms with E-state index in [-0.39, 0.29) is 22.4 Å². The van der Waals surface area contributed by atoms with Crippen molar-refractivity contribution < 1.29 is 13.9 Å². The van der Waals surface area contributed by atoms with Crippen LogP contribution < -0.4 is 5.32 Å². The Morgan fingerprint density at radius 1 is 1.42 bits per heavy atom. The number of esters is 1. The fourth-order valence-electron chi connectivity index (χ4n) is 2.63. The number of halogens is 3. The number of aliphatic imine (C=N–C) groups is 1. The number of hydrogen-bond acceptors (Lipinski definition) is 6. The van der Waals surface area contributed by atoms with Crippen molar-refractivity contribution in [1.29, 1.82) is 0 Å². The van der Waals surface area contributed by atoms with Gasteiger partial charge in [0.1, 0.15) is 22.1 Å². The quantitative estimate of drug-likeness (QED) is 0.601. The maximum absolute atomic E-state index is 13.6. The number of aromatic nitrogens is 1. The zero-order valence-electron chi connectivity index (χ0n) is 13.8. The number of rotatable bonds is 4. The van der Waals surface area contributed by atoms with Crippen LogP contribution in [0.2, 0.25) is 5.02 Å². The predicted molar refractivity (Wildman–Crippen MR) is 100 cm³/mol. The molecule has 1 aromatic heterocycles. The number of hydrogen-bond donors (Lipinski definition) is 1. The number of amidine groups is 1. The predicted octanol–water partition coefficient (Wildman–Crippen LogP) is 4.21. The van der Waals surface area contributed by atoms with E-state index in [1.165, 1.54) is 29.5 Å². The average Bonchev–Trinajstić information content (AvgIpc) is 3.11. The molecule has 0 aliphatic carbocycles. The molecular weight excluding hydrogens is 400 g/mol. The highest BCUT2D eigenvalue weighted by Gasteiger charge is 2.42. The lowest BCUT2D eigenvalue weighted by molar-refractivity contribution is -0.139. The molecule has 9 heteroatoms. The van der Waals surface area contributed by atoms with Gasteiger partial charge in [0.2, 0.25) is 0 Å². The first kappa shape index (κ1) is 18.8. The maximum atomic E-state index is 13.6. The van der Waals surface area contributed by atoms with E-state index in [9.17, 15) is 9.18 Å². The standard InChI is InChI=1S/C17H14Cl2FN3O2S/c1-3-25-16(24)12-13(19)22-14(15-21-6-7-26-15)23-17(12,2)9-4-5-11(20)10(18)8-9/h4-8H,3H2,1-2H3,(H,22,23). The van der Waals surface area contributed by atoms with E-state index in [1.54, 1.807) is 25.4 Å². The minimum absolute atomic E-state index is 0.0756. The molecule has 3 rings (SSSR count). The van der Waals surface area contributed by atoms with Crippen molar-refractivity contribution in [3.05, 3.63) is 61.9 Å². The number of carbonyl (C=O) groups excluding carboxylic acids is 1. The number of benzene rings is 1. The lowest BCUT2D eigenvalue weighted by atomic mass is 9.84. The summed E-state index contributed by atoms with van der Waals surface area (Å²) >= 11 is 13.7. The van der Waals surface area contributed by atoms with Gasteiger partial charge >= 0.3 is 5.97 Å². The number of ether oxygens (including phenoxy) is 1. The molecule has 0 radical (unpaired) electrons. The lowest BCUT2D eigenvalue weighted by Gasteiger charge is -2.33. The topological polar surface area (TPSA) is 63.6 Å². The fourth-order valence-corrected chi connectivity index (χ4v) is 3.74. The molecule has 0 bridgehead atoms. The molecule has 1 N–H and O–H groups in total. The molecule has 1 aliphatic rings. The molecule has 1 aliphatic heterocycles. The van der Waals surface area contributed by atoms with Gasteiger partial charge in [-0.2, -0.15) is 0 Å². The van der Waals surface area contributed by atoms with Crippen molar-refractivity contribution in [3.8, 4) is 0 Å². The lowest BCUT2D eigenvalue weighted by Crippen LogP contribution is -2.40. The smallest absolute Gasteiger partial charge is 0.339 e. The van der Waals surface area contributed by atoms with Gasteiger partial charge in [-0.25, -0.2) is 19.2 Å². The molecule has 1 atom stereocenters. The van der Waals surface area contributed by atoms with E-state index in [1.807, 2.05) is 0 Å². The van der Waals surface area contributed by atoms with E-state index in [0.29, 0.717) is 16.4 Å². The first-order valence-corrected chi connectivity index (χ1v) is 9.30. The molecule has 0 fully saturated rings. The summed E-state index contributed by atoms with van der Waals surface area (Å²) in [6, 6.07) is 4.16. The molecule has 5 nitrogen and oxygen atoms in total. The summed E-state index contributed by atoms with van der Waals surface area (Å²) in [7, 11) is 0. The Balaban J connectivity index is 2.19. The molecule has 0 saturated heterocycles. The van der Waals surface area contributed by atoms with E-state index < -0.39 is 17.3 Å². The highest BCUT2D eigenvalue weighted by molar-refractivity contribution is 7.11. The van der Waals surface area contributed by atoms with Gasteiger partial charge in [-0.15, -0.1) is 11.3 Å². The number of carbonyl (C=O) groups is 1. The Hall–Kier alpha value is -1.96. The Morgan fingerprint density at radius 2 is 2.19 bits per heavy atom. The summed E-state index contributed by atoms with van der Waals surface area (Å²) in [6.07, 6.45) is 1.63. The third-order valence-corrected chi connectivity index (χ3v) is 5.22. The molecule has 0 saturated carbocycles. The summed E-state index contributed by atoms with van der Waals surface area (Å²) in [4.78, 5) is 21.4. The van der Waals surface area contributed by atoms with Crippen molar-refractivity contribution in [2.75, 3.05) is 6.61 Å². The molecule has 1 aromatic carbocycles. The number of thiazole rings is 1. The second kappa shape index (κ2) is 7.34. The zero-order chi connectivity index (χ0) is 18.9. The van der Waals surface area contributed by atoms with Crippen LogP contribution in [0, 0.1) is 5.82 Å². The van der Waals surface area contributed by atoms with Gasteiger partial charge in [0.05, 0.1) is 11.6 Å². The van der Waals surface area contributed by atoms with Crippen LogP contribution in [0.4, 0.5) is 4.39 Å². The largest absolute Gasteiger partial charge is 0.462 e. The Kier molecular flexibility index (Phi) is 5.32. The Labute approximate surface area is 163 Å². The zero-order valence-corrected chi connectivity index (χ0v) is 16.2. The van der Waals surface area contributed by atoms with E-state index in [0.717, 1.165) is 0 Å². The van der Waals surface area contributed by atoms with Crippen molar-refractivity contribution >= 4 is 46.3 Å². The van der Waals surface area contributed by atoms with Gasteiger partial charge < -0.3 is 10.1 Å². The summed E-state index contributed by atoms with van der Waals surface area (Å²) in [5, 5.41) is 5.29. The van der Waals surface area contributed by atoms with Crippen LogP contribution in [-0.4, -0.2) is 23.4 Å². The highest BCUT2D eigenvalue weighted by Crippen LogP contribution is 2.40. The van der Waals surface area contributed by atoms with Crippen LogP contribution in [0.5, 0.6) is 0 Å². The van der Waals surface area contributed by atoms with Crippen LogP contribution in [0.1, 0.15) is 24.4 Å². The monoisotopic (exact) mass is 413 g/mol. The third-order valence-electron chi connectivity index (χ3n) is 3.87. The van der Waals surface area contributed by atoms with Crippen LogP contribution in [0.25, 0.3) is 0 Å². The molecule has 2 heterocycles. The van der Waals surface area contributed by atoms with E-state index in [2.05, 4.69) is 15.3 Å². The van der Waals surface area contributed by atoms with Gasteiger partial charge in [0, 0.05) is 11.6 Å². The van der Waals surface area contributed by atoms with Crippen molar-refractivity contribution in [2.45, 2.75) is 19.4 Å². The Bertz CT molecular complexity index is 915. The second-order valence-electron chi connectivity index (χ2n) is 5.53. The van der Waals surface area contributed by atoms with E-state index in [4.69, 9.17) is 27.9 Å². The van der Waals surface area contributed by atoms with Crippen LogP contribution in [0.15, 0.2) is 45.5 Å². The molecule has 2 aromatic rings. The molecule has 0 amide bonds. The second-order valence-corrected chi connectivity index (χ2v) is 7.21. The molecule has 0 spiro atoms. The first-order valence-electron chi connectivity index (χ1n) is 7.66. The van der Waals surface area contributed by atoms with Crippen molar-refractivity contribution in [2.24, 2.45) is 4.99 Å². The fraction of sp³-hybridized carbons (Fsp3) is 0.235. The number of nitrogens with one attached hydrogen (secondary N) is 1. The summed E-state index contributed by atoms with van der Waals surface area (Å²) in [5.41, 5.74) is -0.614. The summed E-state index contributed by atoms with van der Waals surface area (Å²) in [6.45, 7) is 3.56. The van der Waals surface area contributed by atoms with Gasteiger partial charge in [-0.05, 0) is 31.5 Å². The van der Waals surface area contributed by atoms with Gasteiger partial charge in [0.25, 0.3) is 0 Å². The van der Waals surface area contributed by atoms with Crippen LogP contribution in [0.3, 0.4) is 0 Å². The molecule has 1 unspecified atom stereocenters. The molecular formula is C17H14Cl2FN3O2S. The SMILES string of the molecule is CCOC(=O)C1=C(Cl)NC(c2nccs2)=NC1(C)c1ccc(F)c(Cl)c1. The first-order chi connectivity index (χ1) is 12.4. The van der Waals surface area contributed by atoms with Crippen LogP contribution in [-0.2, 0) is 15.1 Å². The molecule has 136 valence electrons. The van der Waals surface area contributed by atoms with Gasteiger partial charge in [-0.1, -0.05) is 29.3 Å². The van der Waals surface area contributed by atoms with Crippen LogP contribution >= 0.6 is 34.5 Å². The van der Waals surface area contributed by atoms with E-state index >= 15 is 0 Å². The van der Waals surface area contributed by atoms with Crippen molar-refractivity contribution in [1.82, 2.24) is 10.3 Å². The average molecular weight is 414 g/mol. The normalized spacial score (nSPS) is 19.8. The summed E-state index contributed by atoms with van der Waals surface area (Å²) in [5.74, 6) is -0.777. The number of nitrogens with zero attached hydrogens (tertiary/aromatic N) is 2. The van der Waals surface area contributed by atoms with Crippen molar-refractivity contribution in [3.63, 3.8) is 0 Å². The maximum Gasteiger partial charge on any atom is 0.339 e. The summed E-state index contributed by atoms with van der Waals surface area (Å²) < 4.78 is 18.8. The Morgan fingerprint density at radius 3 is 2.81 bits per heavy atom. The third kappa shape index (κ3) is 3.34. The van der Waals surface area contributed by atoms with Gasteiger partial charge in [0.15, 0.2) is 10.8 Å². The molecule has 26 heavy (non-hydrogen) atoms. The van der Waals surface area contributed by atoms with Gasteiger partial charge in [-0.3, -0.25) is 0 Å². The highest BCUT2D eigenvalue weighted by atomic mass is 35.5.